The van der Waals surface area contributed by atoms with Gasteiger partial charge < -0.3 is 20.5 Å². The van der Waals surface area contributed by atoms with Crippen LogP contribution in [0.3, 0.4) is 0 Å². The lowest BCUT2D eigenvalue weighted by atomic mass is 10.0. The zero-order chi connectivity index (χ0) is 15.9. The second kappa shape index (κ2) is 8.15. The Labute approximate surface area is 132 Å². The smallest absolute Gasteiger partial charge is 0.223 e. The number of ether oxygens (including phenoxy) is 1. The van der Waals surface area contributed by atoms with Gasteiger partial charge in [0.2, 0.25) is 5.91 Å². The summed E-state index contributed by atoms with van der Waals surface area (Å²) in [6, 6.07) is 7.98. The lowest BCUT2D eigenvalue weighted by Crippen LogP contribution is -2.34. The lowest BCUT2D eigenvalue weighted by Gasteiger charge is -2.14. The summed E-state index contributed by atoms with van der Waals surface area (Å²) in [6.45, 7) is 6.53. The van der Waals surface area contributed by atoms with Crippen molar-refractivity contribution >= 4 is 5.91 Å². The van der Waals surface area contributed by atoms with Gasteiger partial charge in [0.25, 0.3) is 0 Å². The molecular formula is C17H26N2O3. The molecule has 1 fully saturated rings. The summed E-state index contributed by atoms with van der Waals surface area (Å²) in [5.74, 6) is 1.35. The molecule has 1 aliphatic heterocycles. The van der Waals surface area contributed by atoms with Gasteiger partial charge in [-0.25, -0.2) is 0 Å². The molecule has 2 atom stereocenters. The van der Waals surface area contributed by atoms with Crippen LogP contribution in [0.25, 0.3) is 0 Å². The van der Waals surface area contributed by atoms with Crippen LogP contribution in [0.2, 0.25) is 0 Å². The number of hydrogen-bond acceptors (Lipinski definition) is 4. The van der Waals surface area contributed by atoms with Crippen LogP contribution in [0, 0.1) is 5.92 Å². The lowest BCUT2D eigenvalue weighted by molar-refractivity contribution is -0.121. The van der Waals surface area contributed by atoms with Crippen LogP contribution in [-0.2, 0) is 4.79 Å². The Bertz CT molecular complexity index is 473. The van der Waals surface area contributed by atoms with Crippen molar-refractivity contribution in [1.82, 2.24) is 10.6 Å². The van der Waals surface area contributed by atoms with E-state index in [4.69, 9.17) is 4.74 Å². The quantitative estimate of drug-likeness (QED) is 0.709. The Morgan fingerprint density at radius 2 is 2.09 bits per heavy atom. The molecule has 3 N–H and O–H groups in total. The minimum atomic E-state index is -0.365. The van der Waals surface area contributed by atoms with Gasteiger partial charge in [-0.05, 0) is 23.6 Å². The van der Waals surface area contributed by atoms with Crippen molar-refractivity contribution in [3.05, 3.63) is 29.8 Å². The molecule has 122 valence electrons. The summed E-state index contributed by atoms with van der Waals surface area (Å²) >= 11 is 0. The minimum Gasteiger partial charge on any atom is -0.493 e. The van der Waals surface area contributed by atoms with E-state index in [1.165, 1.54) is 5.56 Å². The van der Waals surface area contributed by atoms with Crippen LogP contribution < -0.4 is 15.4 Å². The molecule has 2 rings (SSSR count). The molecule has 0 aliphatic carbocycles. The summed E-state index contributed by atoms with van der Waals surface area (Å²) in [4.78, 5) is 11.7. The van der Waals surface area contributed by atoms with Crippen LogP contribution in [0.15, 0.2) is 24.3 Å². The fourth-order valence-corrected chi connectivity index (χ4v) is 2.47. The van der Waals surface area contributed by atoms with Gasteiger partial charge in [0.05, 0.1) is 19.1 Å². The molecule has 0 saturated carbocycles. The molecule has 5 heteroatoms. The van der Waals surface area contributed by atoms with E-state index >= 15 is 0 Å². The first-order valence-corrected chi connectivity index (χ1v) is 7.94. The standard InChI is InChI=1S/C17H26N2O3/c1-12(2)13-3-5-15(6-4-13)22-8-7-17(21)19-10-14-9-18-11-16(14)20/h3-6,12,14,16,18,20H,7-11H2,1-2H3,(H,19,21). The molecule has 0 bridgehead atoms. The van der Waals surface area contributed by atoms with Crippen molar-refractivity contribution in [2.24, 2.45) is 5.92 Å². The molecule has 1 amide bonds. The van der Waals surface area contributed by atoms with Crippen LogP contribution >= 0.6 is 0 Å². The number of hydrogen-bond donors (Lipinski definition) is 3. The predicted molar refractivity (Wildman–Crippen MR) is 86.0 cm³/mol. The molecule has 0 spiro atoms. The van der Waals surface area contributed by atoms with Crippen LogP contribution in [0.1, 0.15) is 31.7 Å². The van der Waals surface area contributed by atoms with Gasteiger partial charge in [0, 0.05) is 25.6 Å². The summed E-state index contributed by atoms with van der Waals surface area (Å²) in [6.07, 6.45) is -0.0432. The summed E-state index contributed by atoms with van der Waals surface area (Å²) in [7, 11) is 0. The highest BCUT2D eigenvalue weighted by Gasteiger charge is 2.24. The third kappa shape index (κ3) is 5.00. The average molecular weight is 306 g/mol. The second-order valence-corrected chi connectivity index (χ2v) is 6.11. The Morgan fingerprint density at radius 1 is 1.36 bits per heavy atom. The molecular weight excluding hydrogens is 280 g/mol. The molecule has 22 heavy (non-hydrogen) atoms. The highest BCUT2D eigenvalue weighted by Crippen LogP contribution is 2.18. The molecule has 1 aromatic carbocycles. The van der Waals surface area contributed by atoms with E-state index in [9.17, 15) is 9.90 Å². The van der Waals surface area contributed by atoms with Crippen LogP contribution in [-0.4, -0.2) is 43.4 Å². The first kappa shape index (κ1) is 16.8. The largest absolute Gasteiger partial charge is 0.493 e. The van der Waals surface area contributed by atoms with Gasteiger partial charge in [0.15, 0.2) is 0 Å². The highest BCUT2D eigenvalue weighted by molar-refractivity contribution is 5.76. The summed E-state index contributed by atoms with van der Waals surface area (Å²) in [5.41, 5.74) is 1.27. The zero-order valence-electron chi connectivity index (χ0n) is 13.3. The maximum absolute atomic E-state index is 11.7. The first-order valence-electron chi connectivity index (χ1n) is 7.94. The normalized spacial score (nSPS) is 21.1. The number of benzene rings is 1. The number of aliphatic hydroxyl groups is 1. The molecule has 5 nitrogen and oxygen atoms in total. The van der Waals surface area contributed by atoms with Gasteiger partial charge in [0.1, 0.15) is 5.75 Å². The SMILES string of the molecule is CC(C)c1ccc(OCCC(=O)NCC2CNCC2O)cc1. The maximum Gasteiger partial charge on any atom is 0.223 e. The number of rotatable bonds is 7. The predicted octanol–water partition coefficient (Wildman–Crippen LogP) is 1.28. The van der Waals surface area contributed by atoms with E-state index in [-0.39, 0.29) is 17.9 Å². The topological polar surface area (TPSA) is 70.6 Å². The van der Waals surface area contributed by atoms with Gasteiger partial charge >= 0.3 is 0 Å². The Kier molecular flexibility index (Phi) is 6.21. The molecule has 1 heterocycles. The van der Waals surface area contributed by atoms with E-state index in [1.54, 1.807) is 0 Å². The van der Waals surface area contributed by atoms with E-state index in [1.807, 2.05) is 12.1 Å². The van der Waals surface area contributed by atoms with Gasteiger partial charge in [-0.3, -0.25) is 4.79 Å². The Morgan fingerprint density at radius 3 is 2.68 bits per heavy atom. The zero-order valence-corrected chi connectivity index (χ0v) is 13.3. The number of nitrogens with one attached hydrogen (secondary N) is 2. The first-order chi connectivity index (χ1) is 10.6. The average Bonchev–Trinajstić information content (AvgIpc) is 2.91. The third-order valence-corrected chi connectivity index (χ3v) is 4.01. The third-order valence-electron chi connectivity index (χ3n) is 4.01. The van der Waals surface area contributed by atoms with Crippen molar-refractivity contribution in [3.8, 4) is 5.75 Å². The van der Waals surface area contributed by atoms with Gasteiger partial charge in [-0.2, -0.15) is 0 Å². The van der Waals surface area contributed by atoms with Crippen LogP contribution in [0.4, 0.5) is 0 Å². The molecule has 0 radical (unpaired) electrons. The van der Waals surface area contributed by atoms with Crippen molar-refractivity contribution in [1.29, 1.82) is 0 Å². The second-order valence-electron chi connectivity index (χ2n) is 6.11. The van der Waals surface area contributed by atoms with E-state index in [0.29, 0.717) is 32.0 Å². The maximum atomic E-state index is 11.7. The van der Waals surface area contributed by atoms with E-state index in [2.05, 4.69) is 36.6 Å². The number of amides is 1. The number of carbonyl (C=O) groups excluding carboxylic acids is 1. The van der Waals surface area contributed by atoms with Crippen molar-refractivity contribution in [3.63, 3.8) is 0 Å². The number of carbonyl (C=O) groups is 1. The highest BCUT2D eigenvalue weighted by atomic mass is 16.5. The van der Waals surface area contributed by atoms with E-state index in [0.717, 1.165) is 12.3 Å². The van der Waals surface area contributed by atoms with Gasteiger partial charge in [-0.15, -0.1) is 0 Å². The monoisotopic (exact) mass is 306 g/mol. The van der Waals surface area contributed by atoms with E-state index < -0.39 is 0 Å². The summed E-state index contributed by atoms with van der Waals surface area (Å²) < 4.78 is 5.58. The minimum absolute atomic E-state index is 0.0436. The number of aliphatic hydroxyl groups excluding tert-OH is 1. The van der Waals surface area contributed by atoms with Crippen molar-refractivity contribution < 1.29 is 14.6 Å². The molecule has 1 aliphatic rings. The fourth-order valence-electron chi connectivity index (χ4n) is 2.47. The van der Waals surface area contributed by atoms with Crippen molar-refractivity contribution in [2.45, 2.75) is 32.3 Å². The Hall–Kier alpha value is -1.59. The summed E-state index contributed by atoms with van der Waals surface area (Å²) in [5, 5.41) is 15.6. The fraction of sp³-hybridized carbons (Fsp3) is 0.588. The molecule has 0 aromatic heterocycles. The Balaban J connectivity index is 1.64. The van der Waals surface area contributed by atoms with Crippen LogP contribution in [0.5, 0.6) is 5.75 Å². The van der Waals surface area contributed by atoms with Gasteiger partial charge in [-0.1, -0.05) is 26.0 Å². The van der Waals surface area contributed by atoms with Crippen molar-refractivity contribution in [2.75, 3.05) is 26.2 Å². The molecule has 1 saturated heterocycles. The molecule has 1 aromatic rings. The number of β-amino-alcohol motifs (C(OH)–C–C–N with tert-alkyl or cyclic N) is 1. The molecule has 2 unspecified atom stereocenters.